The van der Waals surface area contributed by atoms with Gasteiger partial charge in [0.25, 0.3) is 0 Å². The van der Waals surface area contributed by atoms with Crippen LogP contribution in [-0.4, -0.2) is 21.9 Å². The second-order valence-corrected chi connectivity index (χ2v) is 9.23. The highest BCUT2D eigenvalue weighted by molar-refractivity contribution is 7.15. The van der Waals surface area contributed by atoms with Crippen LogP contribution < -0.4 is 0 Å². The van der Waals surface area contributed by atoms with Gasteiger partial charge in [-0.2, -0.15) is 0 Å². The van der Waals surface area contributed by atoms with Gasteiger partial charge in [-0.25, -0.2) is 4.79 Å². The van der Waals surface area contributed by atoms with Gasteiger partial charge in [0, 0.05) is 28.0 Å². The lowest BCUT2D eigenvalue weighted by atomic mass is 9.95. The van der Waals surface area contributed by atoms with Gasteiger partial charge in [-0.1, -0.05) is 30.3 Å². The Morgan fingerprint density at radius 2 is 1.84 bits per heavy atom. The molecule has 0 unspecified atom stereocenters. The number of nitrogens with zero attached hydrogens (tertiary/aromatic N) is 2. The number of aromatic nitrogens is 1. The molecule has 2 aromatic carbocycles. The van der Waals surface area contributed by atoms with Crippen molar-refractivity contribution in [2.75, 3.05) is 0 Å². The Kier molecular flexibility index (Phi) is 4.98. The fourth-order valence-corrected chi connectivity index (χ4v) is 6.05. The maximum absolute atomic E-state index is 12.1. The number of aliphatic imine (C=N–C) groups is 1. The van der Waals surface area contributed by atoms with Gasteiger partial charge in [-0.15, -0.1) is 11.3 Å². The lowest BCUT2D eigenvalue weighted by molar-refractivity contribution is 0.0696. The van der Waals surface area contributed by atoms with E-state index < -0.39 is 5.97 Å². The van der Waals surface area contributed by atoms with Gasteiger partial charge in [0.2, 0.25) is 0 Å². The van der Waals surface area contributed by atoms with Gasteiger partial charge >= 0.3 is 5.97 Å². The Hall–Kier alpha value is -3.18. The number of aromatic carboxylic acids is 1. The molecule has 0 radical (unpaired) electrons. The largest absolute Gasteiger partial charge is 0.478 e. The van der Waals surface area contributed by atoms with Crippen LogP contribution in [0.5, 0.6) is 0 Å². The number of hydrogen-bond donors (Lipinski definition) is 1. The summed E-state index contributed by atoms with van der Waals surface area (Å²) in [4.78, 5) is 18.1. The Balaban J connectivity index is 1.55. The van der Waals surface area contributed by atoms with Crippen molar-refractivity contribution in [3.63, 3.8) is 0 Å². The molecule has 0 saturated carbocycles. The van der Waals surface area contributed by atoms with Crippen molar-refractivity contribution in [3.8, 4) is 5.00 Å². The molecule has 4 nitrogen and oxygen atoms in total. The van der Waals surface area contributed by atoms with Gasteiger partial charge < -0.3 is 9.67 Å². The van der Waals surface area contributed by atoms with E-state index in [9.17, 15) is 9.90 Å². The van der Waals surface area contributed by atoms with Crippen molar-refractivity contribution in [3.05, 3.63) is 81.5 Å². The van der Waals surface area contributed by atoms with Crippen molar-refractivity contribution in [1.82, 2.24) is 4.57 Å². The molecule has 0 atom stereocenters. The lowest BCUT2D eigenvalue weighted by Crippen LogP contribution is -2.09. The van der Waals surface area contributed by atoms with Gasteiger partial charge in [0.1, 0.15) is 5.00 Å². The maximum Gasteiger partial charge on any atom is 0.339 e. The molecule has 5 rings (SSSR count). The minimum atomic E-state index is -0.826. The summed E-state index contributed by atoms with van der Waals surface area (Å²) < 4.78 is 2.09. The zero-order valence-electron chi connectivity index (χ0n) is 17.7. The van der Waals surface area contributed by atoms with Gasteiger partial charge in [-0.3, -0.25) is 4.99 Å². The molecule has 1 aliphatic carbocycles. The average molecular weight is 429 g/mol. The summed E-state index contributed by atoms with van der Waals surface area (Å²) in [7, 11) is 0. The summed E-state index contributed by atoms with van der Waals surface area (Å²) in [5.74, 6) is -0.826. The number of carbonyl (C=O) groups is 1. The van der Waals surface area contributed by atoms with Gasteiger partial charge in [0.15, 0.2) is 0 Å². The van der Waals surface area contributed by atoms with E-state index in [0.717, 1.165) is 64.3 Å². The third kappa shape index (κ3) is 3.49. The van der Waals surface area contributed by atoms with E-state index in [1.165, 1.54) is 10.3 Å². The lowest BCUT2D eigenvalue weighted by Gasteiger charge is -2.11. The van der Waals surface area contributed by atoms with Gasteiger partial charge in [-0.05, 0) is 74.1 Å². The first-order valence-corrected chi connectivity index (χ1v) is 11.4. The number of hydrogen-bond acceptors (Lipinski definition) is 3. The predicted molar refractivity (Wildman–Crippen MR) is 128 cm³/mol. The molecule has 0 aliphatic heterocycles. The minimum absolute atomic E-state index is 0.486. The van der Waals surface area contributed by atoms with Crippen LogP contribution in [0.3, 0.4) is 0 Å². The normalized spacial score (nSPS) is 13.7. The summed E-state index contributed by atoms with van der Waals surface area (Å²) in [5.41, 5.74) is 5.48. The second-order valence-electron chi connectivity index (χ2n) is 8.15. The second kappa shape index (κ2) is 7.82. The monoisotopic (exact) mass is 428 g/mol. The Morgan fingerprint density at radius 1 is 1.06 bits per heavy atom. The Morgan fingerprint density at radius 3 is 2.65 bits per heavy atom. The molecule has 156 valence electrons. The smallest absolute Gasteiger partial charge is 0.339 e. The molecular weight excluding hydrogens is 404 g/mol. The highest BCUT2D eigenvalue weighted by atomic mass is 32.1. The predicted octanol–water partition coefficient (Wildman–Crippen LogP) is 6.64. The summed E-state index contributed by atoms with van der Waals surface area (Å²) in [6.45, 7) is 4.07. The van der Waals surface area contributed by atoms with Crippen LogP contribution in [0.15, 0.2) is 53.5 Å². The van der Waals surface area contributed by atoms with Crippen molar-refractivity contribution in [2.24, 2.45) is 4.99 Å². The third-order valence-corrected chi connectivity index (χ3v) is 7.40. The molecule has 0 saturated heterocycles. The Labute approximate surface area is 185 Å². The Bertz CT molecular complexity index is 1340. The first-order chi connectivity index (χ1) is 15.0. The van der Waals surface area contributed by atoms with E-state index in [1.807, 2.05) is 38.3 Å². The van der Waals surface area contributed by atoms with Crippen LogP contribution in [-0.2, 0) is 12.8 Å². The minimum Gasteiger partial charge on any atom is -0.478 e. The maximum atomic E-state index is 12.1. The highest BCUT2D eigenvalue weighted by Crippen LogP contribution is 2.38. The first kappa shape index (κ1) is 19.8. The quantitative estimate of drug-likeness (QED) is 0.371. The van der Waals surface area contributed by atoms with E-state index in [0.29, 0.717) is 5.56 Å². The molecule has 31 heavy (non-hydrogen) atoms. The molecule has 2 aromatic heterocycles. The van der Waals surface area contributed by atoms with Crippen LogP contribution in [0, 0.1) is 13.8 Å². The summed E-state index contributed by atoms with van der Waals surface area (Å²) in [6, 6.07) is 16.5. The standard InChI is InChI=1S/C26H24N2O2S/c1-16-13-20(15-27-21-12-11-18-7-3-4-8-19(18)14-21)17(2)28(16)25-24(26(29)30)22-9-5-6-10-23(22)31-25/h3-4,7-8,11-15H,5-6,9-10H2,1-2H3,(H,29,30). The number of fused-ring (bicyclic) bond motifs is 2. The topological polar surface area (TPSA) is 54.6 Å². The highest BCUT2D eigenvalue weighted by Gasteiger charge is 2.27. The number of thiophene rings is 1. The average Bonchev–Trinajstić information content (AvgIpc) is 3.28. The molecule has 1 N–H and O–H groups in total. The molecule has 2 heterocycles. The first-order valence-electron chi connectivity index (χ1n) is 10.6. The van der Waals surface area contributed by atoms with Crippen LogP contribution in [0.2, 0.25) is 0 Å². The van der Waals surface area contributed by atoms with E-state index in [2.05, 4.69) is 34.9 Å². The third-order valence-electron chi connectivity index (χ3n) is 6.13. The summed E-state index contributed by atoms with van der Waals surface area (Å²) >= 11 is 1.64. The number of benzene rings is 2. The van der Waals surface area contributed by atoms with Crippen LogP contribution in [0.25, 0.3) is 15.8 Å². The van der Waals surface area contributed by atoms with E-state index >= 15 is 0 Å². The molecule has 0 fully saturated rings. The molecule has 0 amide bonds. The molecule has 0 bridgehead atoms. The van der Waals surface area contributed by atoms with E-state index in [1.54, 1.807) is 11.3 Å². The van der Waals surface area contributed by atoms with Gasteiger partial charge in [0.05, 0.1) is 11.3 Å². The van der Waals surface area contributed by atoms with Crippen molar-refractivity contribution >= 4 is 40.0 Å². The SMILES string of the molecule is Cc1cc(C=Nc2ccc3ccccc3c2)c(C)n1-c1sc2c(c1C(=O)O)CCCC2. The molecule has 1 aliphatic rings. The van der Waals surface area contributed by atoms with Crippen molar-refractivity contribution in [1.29, 1.82) is 0 Å². The van der Waals surface area contributed by atoms with E-state index in [-0.39, 0.29) is 0 Å². The van der Waals surface area contributed by atoms with Crippen molar-refractivity contribution < 1.29 is 9.90 Å². The number of aryl methyl sites for hydroxylation is 2. The summed E-state index contributed by atoms with van der Waals surface area (Å²) in [5, 5.41) is 13.2. The van der Waals surface area contributed by atoms with Crippen LogP contribution in [0.4, 0.5) is 5.69 Å². The summed E-state index contributed by atoms with van der Waals surface area (Å²) in [6.07, 6.45) is 5.94. The zero-order valence-corrected chi connectivity index (χ0v) is 18.5. The molecular formula is C26H24N2O2S. The number of carboxylic acids is 1. The van der Waals surface area contributed by atoms with Crippen LogP contribution >= 0.6 is 11.3 Å². The number of carboxylic acid groups (broad SMARTS) is 1. The fraction of sp³-hybridized carbons (Fsp3) is 0.231. The number of rotatable bonds is 4. The molecule has 0 spiro atoms. The molecule has 4 aromatic rings. The fourth-order valence-electron chi connectivity index (χ4n) is 4.56. The molecule has 5 heteroatoms. The van der Waals surface area contributed by atoms with E-state index in [4.69, 9.17) is 4.99 Å². The van der Waals surface area contributed by atoms with Crippen molar-refractivity contribution in [2.45, 2.75) is 39.5 Å². The van der Waals surface area contributed by atoms with Crippen LogP contribution in [0.1, 0.15) is 50.6 Å². The zero-order chi connectivity index (χ0) is 21.5.